The SMILES string of the molecule is CCC(CC)NC(=O)C(C)N(CC1CCCNC1)C(C)C. The molecule has 1 aliphatic heterocycles. The molecule has 1 amide bonds. The number of hydrogen-bond acceptors (Lipinski definition) is 3. The van der Waals surface area contributed by atoms with Crippen LogP contribution in [0.3, 0.4) is 0 Å². The molecule has 0 aromatic heterocycles. The van der Waals surface area contributed by atoms with Gasteiger partial charge in [0, 0.05) is 18.6 Å². The number of nitrogens with one attached hydrogen (secondary N) is 2. The Morgan fingerprint density at radius 1 is 1.29 bits per heavy atom. The number of amides is 1. The Kier molecular flexibility index (Phi) is 8.27. The van der Waals surface area contributed by atoms with Gasteiger partial charge in [-0.1, -0.05) is 13.8 Å². The van der Waals surface area contributed by atoms with Crippen molar-refractivity contribution in [1.29, 1.82) is 0 Å². The molecule has 0 bridgehead atoms. The van der Waals surface area contributed by atoms with E-state index < -0.39 is 0 Å². The van der Waals surface area contributed by atoms with Gasteiger partial charge in [0.15, 0.2) is 0 Å². The van der Waals surface area contributed by atoms with Gasteiger partial charge in [-0.3, -0.25) is 9.69 Å². The highest BCUT2D eigenvalue weighted by Crippen LogP contribution is 2.16. The van der Waals surface area contributed by atoms with Crippen LogP contribution < -0.4 is 10.6 Å². The Bertz CT molecular complexity index is 296. The molecule has 2 atom stereocenters. The van der Waals surface area contributed by atoms with E-state index in [0.29, 0.717) is 18.0 Å². The average molecular weight is 297 g/mol. The second-order valence-corrected chi connectivity index (χ2v) is 6.70. The number of carbonyl (C=O) groups is 1. The van der Waals surface area contributed by atoms with Gasteiger partial charge in [-0.05, 0) is 65.5 Å². The molecule has 0 radical (unpaired) electrons. The normalized spacial score (nSPS) is 21.0. The molecule has 1 fully saturated rings. The van der Waals surface area contributed by atoms with Crippen molar-refractivity contribution in [3.63, 3.8) is 0 Å². The van der Waals surface area contributed by atoms with Crippen LogP contribution in [0.25, 0.3) is 0 Å². The van der Waals surface area contributed by atoms with Gasteiger partial charge in [0.2, 0.25) is 5.91 Å². The monoisotopic (exact) mass is 297 g/mol. The lowest BCUT2D eigenvalue weighted by Crippen LogP contribution is -2.52. The molecule has 0 spiro atoms. The van der Waals surface area contributed by atoms with E-state index in [2.05, 4.69) is 43.2 Å². The predicted molar refractivity (Wildman–Crippen MR) is 89.4 cm³/mol. The maximum atomic E-state index is 12.5. The molecule has 124 valence electrons. The van der Waals surface area contributed by atoms with Crippen LogP contribution in [0.15, 0.2) is 0 Å². The van der Waals surface area contributed by atoms with Gasteiger partial charge in [0.05, 0.1) is 6.04 Å². The zero-order valence-electron chi connectivity index (χ0n) is 14.6. The highest BCUT2D eigenvalue weighted by molar-refractivity contribution is 5.81. The van der Waals surface area contributed by atoms with Gasteiger partial charge in [0.25, 0.3) is 0 Å². The lowest BCUT2D eigenvalue weighted by molar-refractivity contribution is -0.127. The Hall–Kier alpha value is -0.610. The average Bonchev–Trinajstić information content (AvgIpc) is 2.50. The number of rotatable bonds is 8. The summed E-state index contributed by atoms with van der Waals surface area (Å²) in [6.45, 7) is 13.9. The molecule has 2 unspecified atom stereocenters. The molecule has 1 rings (SSSR count). The van der Waals surface area contributed by atoms with Crippen LogP contribution in [0.2, 0.25) is 0 Å². The fourth-order valence-corrected chi connectivity index (χ4v) is 3.16. The molecule has 2 N–H and O–H groups in total. The van der Waals surface area contributed by atoms with Crippen LogP contribution in [-0.4, -0.2) is 48.6 Å². The first-order valence-electron chi connectivity index (χ1n) is 8.76. The van der Waals surface area contributed by atoms with Crippen molar-refractivity contribution in [1.82, 2.24) is 15.5 Å². The van der Waals surface area contributed by atoms with Crippen LogP contribution in [0, 0.1) is 5.92 Å². The quantitative estimate of drug-likeness (QED) is 0.723. The van der Waals surface area contributed by atoms with Crippen LogP contribution in [0.4, 0.5) is 0 Å². The van der Waals surface area contributed by atoms with Crippen LogP contribution in [-0.2, 0) is 4.79 Å². The molecular formula is C17H35N3O. The van der Waals surface area contributed by atoms with Gasteiger partial charge in [-0.25, -0.2) is 0 Å². The lowest BCUT2D eigenvalue weighted by Gasteiger charge is -2.36. The maximum absolute atomic E-state index is 12.5. The van der Waals surface area contributed by atoms with Crippen molar-refractivity contribution < 1.29 is 4.79 Å². The minimum atomic E-state index is -0.0486. The molecule has 1 aliphatic rings. The van der Waals surface area contributed by atoms with E-state index in [9.17, 15) is 4.79 Å². The largest absolute Gasteiger partial charge is 0.352 e. The zero-order chi connectivity index (χ0) is 15.8. The summed E-state index contributed by atoms with van der Waals surface area (Å²) in [5, 5.41) is 6.66. The fourth-order valence-electron chi connectivity index (χ4n) is 3.16. The summed E-state index contributed by atoms with van der Waals surface area (Å²) < 4.78 is 0. The second-order valence-electron chi connectivity index (χ2n) is 6.70. The second kappa shape index (κ2) is 9.42. The molecule has 21 heavy (non-hydrogen) atoms. The molecule has 1 saturated heterocycles. The minimum Gasteiger partial charge on any atom is -0.352 e. The van der Waals surface area contributed by atoms with E-state index in [1.807, 2.05) is 6.92 Å². The number of hydrogen-bond donors (Lipinski definition) is 2. The van der Waals surface area contributed by atoms with Crippen molar-refractivity contribution in [2.45, 2.75) is 78.4 Å². The van der Waals surface area contributed by atoms with E-state index in [-0.39, 0.29) is 11.9 Å². The van der Waals surface area contributed by atoms with Crippen molar-refractivity contribution in [3.8, 4) is 0 Å². The predicted octanol–water partition coefficient (Wildman–Crippen LogP) is 2.39. The number of piperidine rings is 1. The lowest BCUT2D eigenvalue weighted by atomic mass is 9.97. The summed E-state index contributed by atoms with van der Waals surface area (Å²) in [5.74, 6) is 0.853. The van der Waals surface area contributed by atoms with Gasteiger partial charge >= 0.3 is 0 Å². The van der Waals surface area contributed by atoms with E-state index >= 15 is 0 Å². The molecule has 0 saturated carbocycles. The van der Waals surface area contributed by atoms with Crippen molar-refractivity contribution in [3.05, 3.63) is 0 Å². The molecule has 0 aliphatic carbocycles. The van der Waals surface area contributed by atoms with Crippen molar-refractivity contribution in [2.75, 3.05) is 19.6 Å². The Labute approximate surface area is 131 Å². The molecular weight excluding hydrogens is 262 g/mol. The summed E-state index contributed by atoms with van der Waals surface area (Å²) in [6, 6.07) is 0.659. The maximum Gasteiger partial charge on any atom is 0.237 e. The summed E-state index contributed by atoms with van der Waals surface area (Å²) >= 11 is 0. The van der Waals surface area contributed by atoms with Crippen LogP contribution in [0.1, 0.15) is 60.3 Å². The number of carbonyl (C=O) groups excluding carboxylic acids is 1. The number of nitrogens with zero attached hydrogens (tertiary/aromatic N) is 1. The zero-order valence-corrected chi connectivity index (χ0v) is 14.6. The molecule has 4 heteroatoms. The van der Waals surface area contributed by atoms with Gasteiger partial charge < -0.3 is 10.6 Å². The molecule has 0 aromatic carbocycles. The first-order valence-corrected chi connectivity index (χ1v) is 8.76. The standard InChI is InChI=1S/C17H35N3O/c1-6-16(7-2)19-17(21)14(5)20(13(3)4)12-15-9-8-10-18-11-15/h13-16,18H,6-12H2,1-5H3,(H,19,21). The first-order chi connectivity index (χ1) is 9.99. The van der Waals surface area contributed by atoms with Crippen molar-refractivity contribution >= 4 is 5.91 Å². The van der Waals surface area contributed by atoms with E-state index in [0.717, 1.165) is 32.5 Å². The smallest absolute Gasteiger partial charge is 0.237 e. The molecule has 1 heterocycles. The van der Waals surface area contributed by atoms with E-state index in [4.69, 9.17) is 0 Å². The highest BCUT2D eigenvalue weighted by atomic mass is 16.2. The van der Waals surface area contributed by atoms with Gasteiger partial charge in [0.1, 0.15) is 0 Å². The fraction of sp³-hybridized carbons (Fsp3) is 0.941. The molecule has 4 nitrogen and oxygen atoms in total. The Morgan fingerprint density at radius 2 is 1.95 bits per heavy atom. The van der Waals surface area contributed by atoms with E-state index in [1.165, 1.54) is 12.8 Å². The first kappa shape index (κ1) is 18.4. The van der Waals surface area contributed by atoms with Gasteiger partial charge in [-0.2, -0.15) is 0 Å². The topological polar surface area (TPSA) is 44.4 Å². The summed E-state index contributed by atoms with van der Waals surface area (Å²) in [6.07, 6.45) is 4.54. The van der Waals surface area contributed by atoms with Crippen molar-refractivity contribution in [2.24, 2.45) is 5.92 Å². The summed E-state index contributed by atoms with van der Waals surface area (Å²) in [7, 11) is 0. The minimum absolute atomic E-state index is 0.0486. The molecule has 0 aromatic rings. The third-order valence-corrected chi connectivity index (χ3v) is 4.74. The third kappa shape index (κ3) is 5.95. The van der Waals surface area contributed by atoms with Gasteiger partial charge in [-0.15, -0.1) is 0 Å². The summed E-state index contributed by atoms with van der Waals surface area (Å²) in [5.41, 5.74) is 0. The highest BCUT2D eigenvalue weighted by Gasteiger charge is 2.27. The van der Waals surface area contributed by atoms with E-state index in [1.54, 1.807) is 0 Å². The van der Waals surface area contributed by atoms with Crippen LogP contribution in [0.5, 0.6) is 0 Å². The summed E-state index contributed by atoms with van der Waals surface area (Å²) in [4.78, 5) is 14.8. The Balaban J connectivity index is 2.58. The third-order valence-electron chi connectivity index (χ3n) is 4.74. The Morgan fingerprint density at radius 3 is 2.43 bits per heavy atom. The van der Waals surface area contributed by atoms with Crippen LogP contribution >= 0.6 is 0 Å².